The predicted octanol–water partition coefficient (Wildman–Crippen LogP) is 1.20. The molecule has 1 aliphatic heterocycles. The first kappa shape index (κ1) is 10.3. The van der Waals surface area contributed by atoms with Crippen molar-refractivity contribution in [2.75, 3.05) is 20.2 Å². The molecule has 1 aliphatic rings. The molecule has 74 valence electrons. The monoisotopic (exact) mass is 183 g/mol. The Balaban J connectivity index is 2.51. The number of ether oxygens (including phenoxy) is 1. The summed E-state index contributed by atoms with van der Waals surface area (Å²) in [6.07, 6.45) is 2.16. The van der Waals surface area contributed by atoms with Crippen LogP contribution in [-0.4, -0.2) is 37.1 Å². The molecule has 1 rings (SSSR count). The summed E-state index contributed by atoms with van der Waals surface area (Å²) in [5, 5.41) is 0. The van der Waals surface area contributed by atoms with Gasteiger partial charge in [-0.15, -0.1) is 0 Å². The SMILES string of the molecule is C=C(C(=O)OCC)[C@H]1CCCN1C. The normalized spacial score (nSPS) is 23.1. The van der Waals surface area contributed by atoms with Gasteiger partial charge in [0.1, 0.15) is 0 Å². The van der Waals surface area contributed by atoms with E-state index in [0.717, 1.165) is 19.4 Å². The molecular formula is C10H17NO2. The zero-order valence-electron chi connectivity index (χ0n) is 8.38. The summed E-state index contributed by atoms with van der Waals surface area (Å²) in [5.41, 5.74) is 0.599. The predicted molar refractivity (Wildman–Crippen MR) is 51.4 cm³/mol. The molecule has 1 atom stereocenters. The highest BCUT2D eigenvalue weighted by Gasteiger charge is 2.27. The fourth-order valence-corrected chi connectivity index (χ4v) is 1.71. The topological polar surface area (TPSA) is 29.5 Å². The van der Waals surface area contributed by atoms with E-state index in [-0.39, 0.29) is 12.0 Å². The second-order valence-corrected chi connectivity index (χ2v) is 3.38. The lowest BCUT2D eigenvalue weighted by atomic mass is 10.1. The summed E-state index contributed by atoms with van der Waals surface area (Å²) in [7, 11) is 2.02. The van der Waals surface area contributed by atoms with Crippen molar-refractivity contribution in [3.05, 3.63) is 12.2 Å². The molecule has 0 aromatic carbocycles. The van der Waals surface area contributed by atoms with Crippen molar-refractivity contribution in [2.45, 2.75) is 25.8 Å². The fourth-order valence-electron chi connectivity index (χ4n) is 1.71. The van der Waals surface area contributed by atoms with Gasteiger partial charge in [-0.25, -0.2) is 4.79 Å². The van der Waals surface area contributed by atoms with E-state index in [0.29, 0.717) is 12.2 Å². The number of likely N-dealkylation sites (N-methyl/N-ethyl adjacent to an activating group) is 1. The molecule has 0 amide bonds. The third-order valence-corrected chi connectivity index (χ3v) is 2.46. The average Bonchev–Trinajstić information content (AvgIpc) is 2.50. The molecule has 1 fully saturated rings. The molecule has 0 unspecified atom stereocenters. The Labute approximate surface area is 79.4 Å². The van der Waals surface area contributed by atoms with Crippen LogP contribution < -0.4 is 0 Å². The van der Waals surface area contributed by atoms with E-state index in [2.05, 4.69) is 11.5 Å². The van der Waals surface area contributed by atoms with Gasteiger partial charge in [0, 0.05) is 11.6 Å². The van der Waals surface area contributed by atoms with Gasteiger partial charge in [-0.3, -0.25) is 4.90 Å². The molecule has 0 saturated carbocycles. The molecule has 13 heavy (non-hydrogen) atoms. The van der Waals surface area contributed by atoms with Crippen LogP contribution in [0.5, 0.6) is 0 Å². The van der Waals surface area contributed by atoms with E-state index >= 15 is 0 Å². The molecule has 0 aliphatic carbocycles. The second-order valence-electron chi connectivity index (χ2n) is 3.38. The van der Waals surface area contributed by atoms with Gasteiger partial charge in [-0.2, -0.15) is 0 Å². The van der Waals surface area contributed by atoms with Crippen molar-refractivity contribution >= 4 is 5.97 Å². The minimum Gasteiger partial charge on any atom is -0.463 e. The van der Waals surface area contributed by atoms with E-state index in [1.165, 1.54) is 0 Å². The van der Waals surface area contributed by atoms with Gasteiger partial charge in [0.2, 0.25) is 0 Å². The standard InChI is InChI=1S/C10H17NO2/c1-4-13-10(12)8(2)9-6-5-7-11(9)3/h9H,2,4-7H2,1,3H3/t9-/m1/s1. The third kappa shape index (κ3) is 2.31. The van der Waals surface area contributed by atoms with Gasteiger partial charge in [0.25, 0.3) is 0 Å². The van der Waals surface area contributed by atoms with Gasteiger partial charge < -0.3 is 4.74 Å². The lowest BCUT2D eigenvalue weighted by Gasteiger charge is -2.20. The molecule has 3 heteroatoms. The van der Waals surface area contributed by atoms with Crippen LogP contribution in [0.4, 0.5) is 0 Å². The Kier molecular flexibility index (Phi) is 3.48. The second kappa shape index (κ2) is 4.42. The van der Waals surface area contributed by atoms with Gasteiger partial charge >= 0.3 is 5.97 Å². The van der Waals surface area contributed by atoms with Crippen molar-refractivity contribution in [1.29, 1.82) is 0 Å². The Bertz CT molecular complexity index is 213. The Hall–Kier alpha value is -0.830. The zero-order chi connectivity index (χ0) is 9.84. The number of hydrogen-bond donors (Lipinski definition) is 0. The summed E-state index contributed by atoms with van der Waals surface area (Å²) in [6.45, 7) is 7.07. The minimum absolute atomic E-state index is 0.194. The maximum atomic E-state index is 11.3. The number of hydrogen-bond acceptors (Lipinski definition) is 3. The fraction of sp³-hybridized carbons (Fsp3) is 0.700. The molecular weight excluding hydrogens is 166 g/mol. The Morgan fingerprint density at radius 1 is 1.69 bits per heavy atom. The van der Waals surface area contributed by atoms with Gasteiger partial charge in [0.05, 0.1) is 6.61 Å². The first-order chi connectivity index (χ1) is 6.16. The lowest BCUT2D eigenvalue weighted by molar-refractivity contribution is -0.139. The van der Waals surface area contributed by atoms with Gasteiger partial charge in [-0.05, 0) is 33.4 Å². The van der Waals surface area contributed by atoms with E-state index in [1.54, 1.807) is 0 Å². The van der Waals surface area contributed by atoms with Crippen molar-refractivity contribution in [3.8, 4) is 0 Å². The summed E-state index contributed by atoms with van der Waals surface area (Å²) in [6, 6.07) is 0.194. The average molecular weight is 183 g/mol. The van der Waals surface area contributed by atoms with Crippen molar-refractivity contribution in [2.24, 2.45) is 0 Å². The molecule has 0 bridgehead atoms. The molecule has 0 aromatic rings. The first-order valence-electron chi connectivity index (χ1n) is 4.73. The maximum absolute atomic E-state index is 11.3. The molecule has 0 aromatic heterocycles. The van der Waals surface area contributed by atoms with Crippen LogP contribution in [-0.2, 0) is 9.53 Å². The highest BCUT2D eigenvalue weighted by molar-refractivity contribution is 5.89. The van der Waals surface area contributed by atoms with Crippen molar-refractivity contribution in [3.63, 3.8) is 0 Å². The molecule has 1 saturated heterocycles. The van der Waals surface area contributed by atoms with Crippen LogP contribution in [0.2, 0.25) is 0 Å². The summed E-state index contributed by atoms with van der Waals surface area (Å²) in [5.74, 6) is -0.249. The summed E-state index contributed by atoms with van der Waals surface area (Å²) < 4.78 is 4.90. The Morgan fingerprint density at radius 3 is 2.85 bits per heavy atom. The third-order valence-electron chi connectivity index (χ3n) is 2.46. The highest BCUT2D eigenvalue weighted by atomic mass is 16.5. The van der Waals surface area contributed by atoms with Crippen LogP contribution >= 0.6 is 0 Å². The first-order valence-corrected chi connectivity index (χ1v) is 4.73. The maximum Gasteiger partial charge on any atom is 0.335 e. The van der Waals surface area contributed by atoms with Crippen LogP contribution in [0, 0.1) is 0 Å². The van der Waals surface area contributed by atoms with Crippen molar-refractivity contribution < 1.29 is 9.53 Å². The highest BCUT2D eigenvalue weighted by Crippen LogP contribution is 2.21. The lowest BCUT2D eigenvalue weighted by Crippen LogP contribution is -2.30. The van der Waals surface area contributed by atoms with Crippen LogP contribution in [0.3, 0.4) is 0 Å². The van der Waals surface area contributed by atoms with Crippen LogP contribution in [0.15, 0.2) is 12.2 Å². The quantitative estimate of drug-likeness (QED) is 0.486. The van der Waals surface area contributed by atoms with E-state index in [9.17, 15) is 4.79 Å². The smallest absolute Gasteiger partial charge is 0.335 e. The van der Waals surface area contributed by atoms with E-state index < -0.39 is 0 Å². The molecule has 1 heterocycles. The molecule has 0 spiro atoms. The Morgan fingerprint density at radius 2 is 2.38 bits per heavy atom. The summed E-state index contributed by atoms with van der Waals surface area (Å²) in [4.78, 5) is 13.5. The number of nitrogens with zero attached hydrogens (tertiary/aromatic N) is 1. The number of rotatable bonds is 3. The van der Waals surface area contributed by atoms with Gasteiger partial charge in [0.15, 0.2) is 0 Å². The minimum atomic E-state index is -0.249. The van der Waals surface area contributed by atoms with Crippen molar-refractivity contribution in [1.82, 2.24) is 4.90 Å². The van der Waals surface area contributed by atoms with E-state index in [4.69, 9.17) is 4.74 Å². The van der Waals surface area contributed by atoms with Gasteiger partial charge in [-0.1, -0.05) is 6.58 Å². The van der Waals surface area contributed by atoms with E-state index in [1.807, 2.05) is 14.0 Å². The molecule has 3 nitrogen and oxygen atoms in total. The van der Waals surface area contributed by atoms with Crippen LogP contribution in [0.25, 0.3) is 0 Å². The number of carbonyl (C=O) groups excluding carboxylic acids is 1. The van der Waals surface area contributed by atoms with Crippen LogP contribution in [0.1, 0.15) is 19.8 Å². The summed E-state index contributed by atoms with van der Waals surface area (Å²) >= 11 is 0. The number of esters is 1. The number of likely N-dealkylation sites (tertiary alicyclic amines) is 1. The molecule has 0 radical (unpaired) electrons. The molecule has 0 N–H and O–H groups in total. The zero-order valence-corrected chi connectivity index (χ0v) is 8.38. The number of carbonyl (C=O) groups is 1. The largest absolute Gasteiger partial charge is 0.463 e.